The van der Waals surface area contributed by atoms with Crippen molar-refractivity contribution in [2.45, 2.75) is 18.9 Å². The highest BCUT2D eigenvalue weighted by molar-refractivity contribution is 6.30. The van der Waals surface area contributed by atoms with E-state index in [4.69, 9.17) is 16.9 Å². The molecule has 0 saturated carbocycles. The molecule has 3 rings (SSSR count). The number of hydrogen-bond acceptors (Lipinski definition) is 6. The van der Waals surface area contributed by atoms with Gasteiger partial charge >= 0.3 is 0 Å². The van der Waals surface area contributed by atoms with Gasteiger partial charge in [-0.15, -0.1) is 0 Å². The molecule has 2 aromatic rings. The van der Waals surface area contributed by atoms with Crippen LogP contribution in [0.3, 0.4) is 0 Å². The molecule has 0 radical (unpaired) electrons. The first-order chi connectivity index (χ1) is 13.0. The van der Waals surface area contributed by atoms with Crippen molar-refractivity contribution in [2.24, 2.45) is 0 Å². The van der Waals surface area contributed by atoms with Crippen molar-refractivity contribution in [1.29, 1.82) is 5.26 Å². The van der Waals surface area contributed by atoms with Gasteiger partial charge in [0.05, 0.1) is 23.5 Å². The van der Waals surface area contributed by atoms with Crippen LogP contribution in [0.15, 0.2) is 36.7 Å². The van der Waals surface area contributed by atoms with E-state index in [1.54, 1.807) is 35.2 Å². The summed E-state index contributed by atoms with van der Waals surface area (Å²) < 4.78 is 0. The lowest BCUT2D eigenvalue weighted by atomic mass is 10.1. The van der Waals surface area contributed by atoms with Crippen molar-refractivity contribution < 1.29 is 9.59 Å². The first-order valence-corrected chi connectivity index (χ1v) is 8.73. The Morgan fingerprint density at radius 2 is 2.11 bits per heavy atom. The van der Waals surface area contributed by atoms with Crippen LogP contribution in [0, 0.1) is 11.3 Å². The molecule has 1 fully saturated rings. The van der Waals surface area contributed by atoms with E-state index >= 15 is 0 Å². The number of likely N-dealkylation sites (tertiary alicyclic amines) is 1. The van der Waals surface area contributed by atoms with Crippen molar-refractivity contribution >= 4 is 35.1 Å². The number of nitrogens with one attached hydrogen (secondary N) is 2. The highest BCUT2D eigenvalue weighted by Crippen LogP contribution is 2.19. The Labute approximate surface area is 161 Å². The minimum Gasteiger partial charge on any atom is -0.350 e. The number of carbonyl (C=O) groups is 2. The highest BCUT2D eigenvalue weighted by atomic mass is 35.5. The Balaban J connectivity index is 1.60. The summed E-state index contributed by atoms with van der Waals surface area (Å²) in [5.41, 5.74) is 0.970. The van der Waals surface area contributed by atoms with Gasteiger partial charge in [0.1, 0.15) is 6.42 Å². The maximum Gasteiger partial charge on any atom is 0.254 e. The molecule has 1 atom stereocenters. The fourth-order valence-corrected chi connectivity index (χ4v) is 2.92. The zero-order valence-corrected chi connectivity index (χ0v) is 15.1. The molecule has 1 aliphatic rings. The van der Waals surface area contributed by atoms with Crippen molar-refractivity contribution in [3.05, 3.63) is 47.2 Å². The maximum atomic E-state index is 12.7. The molecule has 0 unspecified atom stereocenters. The maximum absolute atomic E-state index is 12.7. The zero-order chi connectivity index (χ0) is 19.2. The van der Waals surface area contributed by atoms with E-state index in [0.717, 1.165) is 6.42 Å². The van der Waals surface area contributed by atoms with Crippen LogP contribution in [0.5, 0.6) is 0 Å². The number of carbonyl (C=O) groups excluding carboxylic acids is 2. The van der Waals surface area contributed by atoms with Crippen LogP contribution in [-0.4, -0.2) is 45.8 Å². The smallest absolute Gasteiger partial charge is 0.254 e. The predicted octanol–water partition coefficient (Wildman–Crippen LogP) is 2.31. The van der Waals surface area contributed by atoms with Crippen molar-refractivity contribution in [3.8, 4) is 6.07 Å². The Bertz CT molecular complexity index is 880. The third-order valence-corrected chi connectivity index (χ3v) is 4.26. The molecule has 27 heavy (non-hydrogen) atoms. The average molecular weight is 385 g/mol. The fourth-order valence-electron chi connectivity index (χ4n) is 2.82. The Hall–Kier alpha value is -3.18. The molecular formula is C18H17ClN6O2. The number of hydrogen-bond donors (Lipinski definition) is 2. The van der Waals surface area contributed by atoms with Gasteiger partial charge < -0.3 is 15.5 Å². The fraction of sp³-hybridized carbons (Fsp3) is 0.278. The summed E-state index contributed by atoms with van der Waals surface area (Å²) in [6.07, 6.45) is 3.57. The zero-order valence-electron chi connectivity index (χ0n) is 14.4. The monoisotopic (exact) mass is 384 g/mol. The number of amides is 2. The summed E-state index contributed by atoms with van der Waals surface area (Å²) in [5.74, 6) is -0.0518. The minimum absolute atomic E-state index is 0.0497. The third-order valence-electron chi connectivity index (χ3n) is 4.06. The molecule has 0 bridgehead atoms. The quantitative estimate of drug-likeness (QED) is 0.818. The second-order valence-corrected chi connectivity index (χ2v) is 6.51. The summed E-state index contributed by atoms with van der Waals surface area (Å²) >= 11 is 5.77. The summed E-state index contributed by atoms with van der Waals surface area (Å²) in [4.78, 5) is 34.2. The lowest BCUT2D eigenvalue weighted by Crippen LogP contribution is -2.31. The number of nitriles is 1. The van der Waals surface area contributed by atoms with Crippen molar-refractivity contribution in [1.82, 2.24) is 14.9 Å². The van der Waals surface area contributed by atoms with Gasteiger partial charge in [-0.25, -0.2) is 9.97 Å². The highest BCUT2D eigenvalue weighted by Gasteiger charge is 2.27. The molecular weight excluding hydrogens is 368 g/mol. The van der Waals surface area contributed by atoms with Gasteiger partial charge in [0, 0.05) is 30.4 Å². The molecule has 2 heterocycles. The second-order valence-electron chi connectivity index (χ2n) is 6.07. The normalized spacial score (nSPS) is 15.9. The average Bonchev–Trinajstić information content (AvgIpc) is 3.12. The standard InChI is InChI=1S/C18H17ClN6O2/c19-13-9-21-18(22-10-13)24-15-5-7-25(11-15)17(27)12-2-1-3-14(8-12)23-16(26)4-6-20/h1-3,8-10,15H,4-5,7,11H2,(H,23,26)(H,21,22,24)/t15-/m1/s1. The third kappa shape index (κ3) is 4.92. The van der Waals surface area contributed by atoms with Crippen molar-refractivity contribution in [3.63, 3.8) is 0 Å². The van der Waals surface area contributed by atoms with Gasteiger partial charge in [-0.05, 0) is 24.6 Å². The van der Waals surface area contributed by atoms with Crippen LogP contribution >= 0.6 is 11.6 Å². The Morgan fingerprint density at radius 3 is 2.85 bits per heavy atom. The molecule has 0 spiro atoms. The van der Waals surface area contributed by atoms with E-state index in [1.165, 1.54) is 12.4 Å². The molecule has 1 saturated heterocycles. The molecule has 1 aliphatic heterocycles. The number of aromatic nitrogens is 2. The van der Waals surface area contributed by atoms with Crippen LogP contribution in [0.1, 0.15) is 23.2 Å². The summed E-state index contributed by atoms with van der Waals surface area (Å²) in [5, 5.41) is 14.8. The number of halogens is 1. The van der Waals surface area contributed by atoms with Gasteiger partial charge in [-0.3, -0.25) is 9.59 Å². The van der Waals surface area contributed by atoms with Gasteiger partial charge in [0.25, 0.3) is 5.91 Å². The molecule has 1 aromatic heterocycles. The van der Waals surface area contributed by atoms with Crippen LogP contribution in [0.25, 0.3) is 0 Å². The van der Waals surface area contributed by atoms with E-state index in [1.807, 2.05) is 0 Å². The van der Waals surface area contributed by atoms with Gasteiger partial charge in [-0.2, -0.15) is 5.26 Å². The van der Waals surface area contributed by atoms with E-state index in [9.17, 15) is 9.59 Å². The van der Waals surface area contributed by atoms with Crippen LogP contribution < -0.4 is 10.6 Å². The lowest BCUT2D eigenvalue weighted by Gasteiger charge is -2.17. The van der Waals surface area contributed by atoms with Crippen LogP contribution in [0.4, 0.5) is 11.6 Å². The molecule has 138 valence electrons. The van der Waals surface area contributed by atoms with Crippen molar-refractivity contribution in [2.75, 3.05) is 23.7 Å². The molecule has 2 N–H and O–H groups in total. The first kappa shape index (κ1) is 18.6. The predicted molar refractivity (Wildman–Crippen MR) is 100 cm³/mol. The summed E-state index contributed by atoms with van der Waals surface area (Å²) in [7, 11) is 0. The topological polar surface area (TPSA) is 111 Å². The summed E-state index contributed by atoms with van der Waals surface area (Å²) in [6, 6.07) is 8.52. The van der Waals surface area contributed by atoms with Gasteiger partial charge in [0.2, 0.25) is 11.9 Å². The Morgan fingerprint density at radius 1 is 1.33 bits per heavy atom. The molecule has 2 amide bonds. The minimum atomic E-state index is -0.407. The first-order valence-electron chi connectivity index (χ1n) is 8.35. The number of anilines is 2. The Kier molecular flexibility index (Phi) is 5.84. The number of nitrogens with zero attached hydrogens (tertiary/aromatic N) is 4. The van der Waals surface area contributed by atoms with Gasteiger partial charge in [-0.1, -0.05) is 17.7 Å². The number of rotatable bonds is 5. The lowest BCUT2D eigenvalue weighted by molar-refractivity contribution is -0.115. The van der Waals surface area contributed by atoms with Crippen LogP contribution in [0.2, 0.25) is 5.02 Å². The molecule has 1 aromatic carbocycles. The molecule has 8 nitrogen and oxygen atoms in total. The SMILES string of the molecule is N#CCC(=O)Nc1cccc(C(=O)N2CC[C@@H](Nc3ncc(Cl)cn3)C2)c1. The number of benzene rings is 1. The van der Waals surface area contributed by atoms with E-state index < -0.39 is 5.91 Å². The van der Waals surface area contributed by atoms with Gasteiger partial charge in [0.15, 0.2) is 0 Å². The van der Waals surface area contributed by atoms with E-state index in [-0.39, 0.29) is 18.4 Å². The van der Waals surface area contributed by atoms with E-state index in [2.05, 4.69) is 20.6 Å². The van der Waals surface area contributed by atoms with Crippen LogP contribution in [-0.2, 0) is 4.79 Å². The van der Waals surface area contributed by atoms with E-state index in [0.29, 0.717) is 35.3 Å². The molecule has 9 heteroatoms. The largest absolute Gasteiger partial charge is 0.350 e. The second kappa shape index (κ2) is 8.47. The molecule has 0 aliphatic carbocycles. The summed E-state index contributed by atoms with van der Waals surface area (Å²) in [6.45, 7) is 1.13.